The highest BCUT2D eigenvalue weighted by atomic mass is 28.3. The highest BCUT2D eigenvalue weighted by molar-refractivity contribution is 6.95. The van der Waals surface area contributed by atoms with Crippen LogP contribution < -0.4 is 36.3 Å². The molecule has 0 saturated carbocycles. The maximum absolute atomic E-state index is 2.57. The lowest BCUT2D eigenvalue weighted by molar-refractivity contribution is 0.817. The Labute approximate surface area is 660 Å². The molecule has 0 amide bonds. The van der Waals surface area contributed by atoms with Crippen LogP contribution in [0.25, 0.3) is 0 Å². The fourth-order valence-corrected chi connectivity index (χ4v) is 24.1. The molecule has 8 rings (SSSR count). The van der Waals surface area contributed by atoms with Gasteiger partial charge < -0.3 is 0 Å². The second-order valence-corrected chi connectivity index (χ2v) is 75.4. The monoisotopic (exact) mass is 1540 g/mol. The molecule has 0 aliphatic rings. The first-order valence-corrected chi connectivity index (χ1v) is 64.9. The van der Waals surface area contributed by atoms with Gasteiger partial charge in [-0.2, -0.15) is 0 Å². The van der Waals surface area contributed by atoms with Crippen LogP contribution in [0.4, 0.5) is 0 Å². The van der Waals surface area contributed by atoms with Crippen LogP contribution in [0.15, 0.2) is 158 Å². The van der Waals surface area contributed by atoms with Gasteiger partial charge in [0, 0.05) is 0 Å². The normalized spacial score (nSPS) is 12.0. The molecular formula is C98H162Si7. The van der Waals surface area contributed by atoms with Crippen LogP contribution in [0.5, 0.6) is 0 Å². The number of hydrogen-bond acceptors (Lipinski definition) is 0. The van der Waals surface area contributed by atoms with Gasteiger partial charge in [-0.05, 0) is 152 Å². The van der Waals surface area contributed by atoms with E-state index in [0.29, 0.717) is 41.4 Å². The van der Waals surface area contributed by atoms with Crippen LogP contribution in [-0.4, -0.2) is 56.5 Å². The molecule has 0 nitrogen and oxygen atoms in total. The highest BCUT2D eigenvalue weighted by Crippen LogP contribution is 2.28. The minimum absolute atomic E-state index is 0.637. The molecular weight excluding hydrogens is 1370 g/mol. The molecule has 8 aromatic rings. The van der Waals surface area contributed by atoms with Crippen LogP contribution in [0.2, 0.25) is 137 Å². The van der Waals surface area contributed by atoms with Crippen LogP contribution >= 0.6 is 0 Å². The number of hydrogen-bond donors (Lipinski definition) is 0. The van der Waals surface area contributed by atoms with Crippen molar-refractivity contribution in [3.8, 4) is 0 Å². The minimum atomic E-state index is -1.25. The average molecular weight is 1540 g/mol. The Morgan fingerprint density at radius 3 is 0.867 bits per heavy atom. The SMILES string of the molecule is Cc1c(C(C)C)cccc1C(C)C.Cc1c([Si](C)(C)C)cc([Si](C)(C)C)cc1[Si](C)(C)C.Cc1cc([Si](C)(C)C)cc([Si](C)(C)C)c1.Cc1ccc(C(C)C)cc1.Cc1ccc(C(C)C)cc1C(C)C.Cc1ccc([Si](C)(C)C)cc1[Si](C)(C)C.Cc1cccc(C(C)C)c1.Cc1ccccc1C(C)C. The number of benzene rings is 8. The zero-order valence-electron chi connectivity index (χ0n) is 76.6. The number of rotatable bonds is 14. The van der Waals surface area contributed by atoms with Gasteiger partial charge in [0.2, 0.25) is 0 Å². The Balaban J connectivity index is 0.000000605. The molecule has 0 aliphatic heterocycles. The van der Waals surface area contributed by atoms with Gasteiger partial charge in [0.25, 0.3) is 0 Å². The molecule has 0 unspecified atom stereocenters. The molecule has 0 aromatic heterocycles. The Morgan fingerprint density at radius 1 is 0.190 bits per heavy atom. The van der Waals surface area contributed by atoms with Gasteiger partial charge in [0.15, 0.2) is 0 Å². The lowest BCUT2D eigenvalue weighted by Crippen LogP contribution is -2.53. The summed E-state index contributed by atoms with van der Waals surface area (Å²) >= 11 is 0. The molecule has 0 bridgehead atoms. The van der Waals surface area contributed by atoms with Crippen molar-refractivity contribution in [2.24, 2.45) is 0 Å². The van der Waals surface area contributed by atoms with E-state index in [9.17, 15) is 0 Å². The van der Waals surface area contributed by atoms with Gasteiger partial charge in [-0.1, -0.05) is 456 Å². The largest absolute Gasteiger partial charge is 0.0779 e. The van der Waals surface area contributed by atoms with Crippen molar-refractivity contribution in [1.29, 1.82) is 0 Å². The van der Waals surface area contributed by atoms with Gasteiger partial charge in [0.05, 0.1) is 56.5 Å². The summed E-state index contributed by atoms with van der Waals surface area (Å²) in [7, 11) is -8.36. The van der Waals surface area contributed by atoms with Crippen LogP contribution in [0.3, 0.4) is 0 Å². The van der Waals surface area contributed by atoms with Gasteiger partial charge >= 0.3 is 0 Å². The molecule has 0 aliphatic carbocycles. The Hall–Kier alpha value is -4.72. The van der Waals surface area contributed by atoms with E-state index in [1.54, 1.807) is 41.9 Å². The lowest BCUT2D eigenvalue weighted by Gasteiger charge is -2.30. The van der Waals surface area contributed by atoms with Crippen molar-refractivity contribution >= 4 is 92.8 Å². The Morgan fingerprint density at radius 2 is 0.524 bits per heavy atom. The Bertz CT molecular complexity index is 3770. The predicted molar refractivity (Wildman–Crippen MR) is 509 cm³/mol. The van der Waals surface area contributed by atoms with Crippen molar-refractivity contribution in [3.05, 3.63) is 241 Å². The average Bonchev–Trinajstić information content (AvgIpc) is 0.773. The third kappa shape index (κ3) is 34.8. The maximum atomic E-state index is 2.57. The third-order valence-electron chi connectivity index (χ3n) is 20.1. The standard InChI is InChI=1S/C16H32Si3.2C13H24Si2.2C13H20.3C10H14/c1-13-15(18(5,6)7)11-14(17(2,3)4)12-16(13)19(8,9)10;1-11-8-12(14(2,3)4)10-13(9-11)15(5,6)7;1-11-8-9-12(14(2,3)4)10-13(11)15(5,6)7;1-9(2)12-7-6-11(5)13(8-12)10(3)4;1-9(2)12-7-6-8-13(10(3)4)11(12)5;1-8(2)10-6-4-9(3)5-7-10;1-8(2)10-6-4-5-9(3)7-10;1-8(2)10-7-5-4-6-9(10)3/h11-12H,1-10H3;2*8-10H,1-7H3;2*6-10H,1-5H3;3*4-8H,1-3H3. The first-order chi connectivity index (χ1) is 47.6. The summed E-state index contributed by atoms with van der Waals surface area (Å²) in [6, 6.07) is 58.9. The summed E-state index contributed by atoms with van der Waals surface area (Å²) in [4.78, 5) is 0. The summed E-state index contributed by atoms with van der Waals surface area (Å²) < 4.78 is 0. The summed E-state index contributed by atoms with van der Waals surface area (Å²) in [5.41, 5.74) is 21.8. The lowest BCUT2D eigenvalue weighted by atomic mass is 9.90. The molecule has 8 aromatic carbocycles. The van der Waals surface area contributed by atoms with Gasteiger partial charge in [0.1, 0.15) is 0 Å². The fourth-order valence-electron chi connectivity index (χ4n) is 13.0. The quantitative estimate of drug-likeness (QED) is 0.0952. The van der Waals surface area contributed by atoms with Crippen LogP contribution in [0.1, 0.15) is 222 Å². The van der Waals surface area contributed by atoms with Gasteiger partial charge in [-0.25, -0.2) is 0 Å². The van der Waals surface area contributed by atoms with Gasteiger partial charge in [-0.15, -0.1) is 0 Å². The van der Waals surface area contributed by atoms with Crippen molar-refractivity contribution in [1.82, 2.24) is 0 Å². The van der Waals surface area contributed by atoms with E-state index in [-0.39, 0.29) is 0 Å². The predicted octanol–water partition coefficient (Wildman–Crippen LogP) is 27.6. The summed E-state index contributed by atoms with van der Waals surface area (Å²) in [6.45, 7) is 100. The molecule has 7 heteroatoms. The molecule has 0 N–H and O–H groups in total. The summed E-state index contributed by atoms with van der Waals surface area (Å²) in [6.07, 6.45) is 0. The van der Waals surface area contributed by atoms with Crippen LogP contribution in [-0.2, 0) is 0 Å². The molecule has 0 saturated heterocycles. The smallest absolute Gasteiger partial charge is 0.0656 e. The van der Waals surface area contributed by atoms with E-state index in [0.717, 1.165) is 0 Å². The number of aryl methyl sites for hydroxylation is 6. The van der Waals surface area contributed by atoms with Crippen molar-refractivity contribution in [2.75, 3.05) is 0 Å². The van der Waals surface area contributed by atoms with Gasteiger partial charge in [-0.3, -0.25) is 0 Å². The van der Waals surface area contributed by atoms with Crippen molar-refractivity contribution < 1.29 is 0 Å². The van der Waals surface area contributed by atoms with E-state index in [2.05, 4.69) is 448 Å². The van der Waals surface area contributed by atoms with Crippen molar-refractivity contribution in [3.63, 3.8) is 0 Å². The first kappa shape index (κ1) is 98.3. The third-order valence-corrected chi connectivity index (χ3v) is 34.7. The molecule has 0 atom stereocenters. The van der Waals surface area contributed by atoms with E-state index < -0.39 is 56.5 Å². The second-order valence-electron chi connectivity index (χ2n) is 40.0. The molecule has 0 fully saturated rings. The zero-order valence-corrected chi connectivity index (χ0v) is 83.6. The molecule has 0 radical (unpaired) electrons. The second kappa shape index (κ2) is 42.5. The Kier molecular flexibility index (Phi) is 39.7. The first-order valence-electron chi connectivity index (χ1n) is 40.4. The highest BCUT2D eigenvalue weighted by Gasteiger charge is 2.30. The van der Waals surface area contributed by atoms with E-state index >= 15 is 0 Å². The molecule has 582 valence electrons. The molecule has 0 spiro atoms. The summed E-state index contributed by atoms with van der Waals surface area (Å²) in [5.74, 6) is 4.51. The molecule has 105 heavy (non-hydrogen) atoms. The zero-order chi connectivity index (χ0) is 81.6. The van der Waals surface area contributed by atoms with E-state index in [1.165, 1.54) is 77.9 Å². The maximum Gasteiger partial charge on any atom is 0.0779 e. The van der Waals surface area contributed by atoms with E-state index in [4.69, 9.17) is 0 Å². The molecule has 0 heterocycles. The van der Waals surface area contributed by atoms with Crippen molar-refractivity contribution in [2.45, 2.75) is 331 Å². The summed E-state index contributed by atoms with van der Waals surface area (Å²) in [5, 5.41) is 11.5. The van der Waals surface area contributed by atoms with E-state index in [1.807, 2.05) is 0 Å². The minimum Gasteiger partial charge on any atom is -0.0656 e. The topological polar surface area (TPSA) is 0 Å². The van der Waals surface area contributed by atoms with Crippen LogP contribution in [0, 0.1) is 55.4 Å². The fraction of sp³-hybridized carbons (Fsp3) is 0.510.